The number of thiophene rings is 3. The van der Waals surface area contributed by atoms with Crippen LogP contribution in [0.2, 0.25) is 5.15 Å². The third-order valence-electron chi connectivity index (χ3n) is 13.2. The van der Waals surface area contributed by atoms with Crippen molar-refractivity contribution in [2.24, 2.45) is 10.9 Å². The molecule has 10 N–H and O–H groups in total. The summed E-state index contributed by atoms with van der Waals surface area (Å²) >= 11 is 19.5. The molecule has 0 saturated heterocycles. The molecule has 11 aromatic rings. The summed E-state index contributed by atoms with van der Waals surface area (Å²) in [5.74, 6) is 0.132. The number of carboxylic acids is 2. The number of carboxylic acid groups (broad SMARTS) is 2. The van der Waals surface area contributed by atoms with Gasteiger partial charge in [-0.1, -0.05) is 64.8 Å². The van der Waals surface area contributed by atoms with Crippen molar-refractivity contribution in [3.63, 3.8) is 0 Å². The average molecular weight is 1620 g/mol. The molecule has 4 aromatic carbocycles. The highest BCUT2D eigenvalue weighted by Crippen LogP contribution is 2.41. The van der Waals surface area contributed by atoms with E-state index in [1.54, 1.807) is 110 Å². The molecule has 0 radical (unpaired) electrons. The Morgan fingerprint density at radius 2 is 0.953 bits per heavy atom. The molecule has 23 nitrogen and oxygen atoms in total. The number of thioether (sulfide) groups is 4. The van der Waals surface area contributed by atoms with E-state index < -0.39 is 41.2 Å². The van der Waals surface area contributed by atoms with E-state index in [4.69, 9.17) is 36.2 Å². The zero-order chi connectivity index (χ0) is 76.9. The van der Waals surface area contributed by atoms with E-state index in [9.17, 15) is 41.8 Å². The second kappa shape index (κ2) is 46.0. The summed E-state index contributed by atoms with van der Waals surface area (Å²) in [5.41, 5.74) is 6.99. The number of nitrogens with zero attached hydrogens (tertiary/aromatic N) is 5. The van der Waals surface area contributed by atoms with Gasteiger partial charge in [0, 0.05) is 66.1 Å². The number of carbonyl (C=O) groups excluding carboxylic acids is 2. The quantitative estimate of drug-likeness (QED) is 0.00321. The summed E-state index contributed by atoms with van der Waals surface area (Å²) in [4.78, 5) is 86.4. The number of thiocarbonyl (C=S) groups is 1. The normalized spacial score (nSPS) is 10.3. The number of aliphatic imine (C=N–C) groups is 1. The number of hydrogen-bond donors (Lipinski definition) is 9. The number of pyridine rings is 4. The van der Waals surface area contributed by atoms with Crippen molar-refractivity contribution < 1.29 is 76.0 Å². The fourth-order valence-corrected chi connectivity index (χ4v) is 13.6. The highest BCUT2D eigenvalue weighted by atomic mass is 35.5. The zero-order valence-corrected chi connectivity index (χ0v) is 63.6. The highest BCUT2D eigenvalue weighted by molar-refractivity contribution is 7.99. The lowest BCUT2D eigenvalue weighted by Gasteiger charge is -2.10. The number of isothiocyanates is 1. The molecule has 556 valence electrons. The number of aliphatic carboxylic acids is 1. The lowest BCUT2D eigenvalue weighted by Crippen LogP contribution is -2.25. The van der Waals surface area contributed by atoms with E-state index in [-0.39, 0.29) is 72.1 Å². The van der Waals surface area contributed by atoms with Crippen molar-refractivity contribution in [2.75, 3.05) is 80.6 Å². The minimum Gasteiger partial charge on any atom is -0.499 e. The molecule has 0 unspecified atom stereocenters. The number of hydroxylamine groups is 2. The van der Waals surface area contributed by atoms with Crippen LogP contribution in [0.5, 0.6) is 0 Å². The van der Waals surface area contributed by atoms with Gasteiger partial charge >= 0.3 is 11.9 Å². The van der Waals surface area contributed by atoms with Crippen LogP contribution in [0.1, 0.15) is 36.6 Å². The Labute approximate surface area is 644 Å². The van der Waals surface area contributed by atoms with Crippen LogP contribution >= 0.6 is 105 Å². The van der Waals surface area contributed by atoms with Crippen LogP contribution in [0.4, 0.5) is 55.3 Å². The van der Waals surface area contributed by atoms with Crippen molar-refractivity contribution in [1.82, 2.24) is 30.9 Å². The second-order valence-electron chi connectivity index (χ2n) is 20.0. The first-order valence-corrected chi connectivity index (χ1v) is 38.5. The first-order chi connectivity index (χ1) is 51.3. The number of nitrogens with two attached hydrogens (primary N) is 1. The SMILES string of the molecule is C=COCCON.C=COCCONC(=O)c1c(Nc2ccc(SC)cc2F)sc2ncccc12.CSc1ccc(N=C=S)c(F)c1.CSc1ccc(Nc2sc3ncccc3c2C(=O)NOCCO)c(F)c1.CSc1ccc(Nc2sc3ncccc3c2C(=O)O)c(F)c1.O=C(O)Cc1cccnc1Cl. The molecular formula is C70H66ClF4N11O12S8. The Morgan fingerprint density at radius 3 is 1.32 bits per heavy atom. The van der Waals surface area contributed by atoms with Gasteiger partial charge in [0.15, 0.2) is 5.82 Å². The topological polar surface area (TPSA) is 325 Å². The number of aromatic nitrogens is 4. The van der Waals surface area contributed by atoms with Gasteiger partial charge in [-0.15, -0.1) is 47.0 Å². The van der Waals surface area contributed by atoms with Crippen LogP contribution in [-0.4, -0.2) is 129 Å². The smallest absolute Gasteiger partial charge is 0.339 e. The molecule has 2 amide bonds. The minimum atomic E-state index is -1.07. The minimum absolute atomic E-state index is 0.0282. The maximum absolute atomic E-state index is 14.4. The van der Waals surface area contributed by atoms with E-state index in [2.05, 4.69) is 97.8 Å². The number of benzene rings is 4. The van der Waals surface area contributed by atoms with E-state index in [0.29, 0.717) is 75.6 Å². The van der Waals surface area contributed by atoms with Crippen molar-refractivity contribution >= 4 is 202 Å². The predicted octanol–water partition coefficient (Wildman–Crippen LogP) is 17.6. The molecule has 0 saturated carbocycles. The molecule has 7 heterocycles. The van der Waals surface area contributed by atoms with Gasteiger partial charge in [0.1, 0.15) is 89.8 Å². The number of aromatic carboxylic acids is 1. The molecule has 0 aliphatic rings. The van der Waals surface area contributed by atoms with Crippen LogP contribution in [0, 0.1) is 23.3 Å². The molecule has 106 heavy (non-hydrogen) atoms. The van der Waals surface area contributed by atoms with Gasteiger partial charge in [-0.25, -0.2) is 59.1 Å². The number of hydrogen-bond acceptors (Lipinski definition) is 27. The van der Waals surface area contributed by atoms with Gasteiger partial charge in [-0.05, 0) is 153 Å². The van der Waals surface area contributed by atoms with Crippen LogP contribution in [0.25, 0.3) is 30.6 Å². The van der Waals surface area contributed by atoms with Crippen LogP contribution in [0.15, 0.2) is 196 Å². The number of anilines is 6. The van der Waals surface area contributed by atoms with Crippen molar-refractivity contribution in [3.8, 4) is 0 Å². The van der Waals surface area contributed by atoms with Gasteiger partial charge in [0.25, 0.3) is 11.8 Å². The number of fused-ring (bicyclic) bond motifs is 3. The third kappa shape index (κ3) is 26.3. The Balaban J connectivity index is 0.000000210. The standard InChI is InChI=1S/C19H18FN3O3S2.C17H16FN3O3S2.C15H11FN2O2S2.C8H6FNS2.C7H6ClNO2.C4H9NO2/c1-3-25-9-10-26-23-17(24)16-13-5-4-8-21-18(13)28-19(16)22-15-7-6-12(27-2)11-14(15)20;1-25-10-4-5-13(12(18)9-10)20-17-14(15(23)21-24-8-7-22)11-3-2-6-19-16(11)26-17;1-21-8-4-5-11(10(16)7-8)18-14-12(15(19)20)9-3-2-6-17-13(9)22-14;1-12-6-2-3-8(10-5-11)7(9)4-6;8-7-5(4-6(10)11)2-1-3-9-7;1-2-6-3-4-7-5/h3-8,11,22H,1,9-10H2,2H3,(H,23,24);2-6,9,20,22H,7-8H2,1H3,(H,21,23);2-7,18H,1H3,(H,19,20);2-4H,1H3;1-3H,4H2,(H,10,11);2H,1,3-5H2. The van der Waals surface area contributed by atoms with Crippen LogP contribution < -0.4 is 32.8 Å². The lowest BCUT2D eigenvalue weighted by molar-refractivity contribution is -0.136. The van der Waals surface area contributed by atoms with Crippen molar-refractivity contribution in [1.29, 1.82) is 0 Å². The van der Waals surface area contributed by atoms with E-state index in [0.717, 1.165) is 19.6 Å². The number of ether oxygens (including phenoxy) is 2. The van der Waals surface area contributed by atoms with Crippen LogP contribution in [0.3, 0.4) is 0 Å². The average Bonchev–Trinajstić information content (AvgIpc) is 1.66. The molecule has 0 spiro atoms. The highest BCUT2D eigenvalue weighted by Gasteiger charge is 2.24. The Kier molecular flexibility index (Phi) is 37.1. The lowest BCUT2D eigenvalue weighted by atomic mass is 10.2. The van der Waals surface area contributed by atoms with E-state index >= 15 is 0 Å². The van der Waals surface area contributed by atoms with Crippen molar-refractivity contribution in [2.45, 2.75) is 26.0 Å². The largest absolute Gasteiger partial charge is 0.499 e. The van der Waals surface area contributed by atoms with Crippen LogP contribution in [-0.2, 0) is 35.2 Å². The molecule has 0 aliphatic heterocycles. The zero-order valence-electron chi connectivity index (χ0n) is 56.4. The third-order valence-corrected chi connectivity index (χ3v) is 19.6. The van der Waals surface area contributed by atoms with Gasteiger partial charge in [0.2, 0.25) is 0 Å². The van der Waals surface area contributed by atoms with E-state index in [1.165, 1.54) is 124 Å². The molecule has 0 bridgehead atoms. The molecular weight excluding hydrogens is 1550 g/mol. The first kappa shape index (κ1) is 85.7. The molecule has 11 rings (SSSR count). The number of carbonyl (C=O) groups is 4. The Hall–Kier alpha value is -9.27. The first-order valence-electron chi connectivity index (χ1n) is 30.4. The summed E-state index contributed by atoms with van der Waals surface area (Å²) in [6, 6.07) is 33.0. The summed E-state index contributed by atoms with van der Waals surface area (Å²) in [7, 11) is 0. The summed E-state index contributed by atoms with van der Waals surface area (Å²) in [6.45, 7) is 7.79. The molecule has 0 fully saturated rings. The number of rotatable bonds is 28. The number of amides is 2. The maximum Gasteiger partial charge on any atom is 0.339 e. The van der Waals surface area contributed by atoms with E-state index in [1.807, 2.05) is 31.1 Å². The monoisotopic (exact) mass is 1620 g/mol. The Bertz CT molecular complexity index is 4830. The number of aliphatic hydroxyl groups is 1. The van der Waals surface area contributed by atoms with Gasteiger partial charge in [0.05, 0.1) is 65.5 Å². The molecule has 36 heteroatoms. The van der Waals surface area contributed by atoms with Gasteiger partial charge < -0.3 is 45.6 Å². The molecule has 7 aromatic heterocycles. The van der Waals surface area contributed by atoms with Gasteiger partial charge in [-0.2, -0.15) is 4.99 Å². The number of aliphatic hydroxyl groups excluding tert-OH is 1. The number of nitrogens with one attached hydrogen (secondary N) is 5. The fourth-order valence-electron chi connectivity index (χ4n) is 8.47. The Morgan fingerprint density at radius 1 is 0.566 bits per heavy atom. The van der Waals surface area contributed by atoms with Gasteiger partial charge in [-0.3, -0.25) is 24.1 Å². The summed E-state index contributed by atoms with van der Waals surface area (Å²) in [5, 5.41) is 41.0. The van der Waals surface area contributed by atoms with Crippen molar-refractivity contribution in [3.05, 3.63) is 222 Å². The maximum atomic E-state index is 14.4. The molecule has 0 atom stereocenters. The second-order valence-corrected chi connectivity index (χ2v) is 27.0. The summed E-state index contributed by atoms with van der Waals surface area (Å²) in [6.07, 6.45) is 16.4. The summed E-state index contributed by atoms with van der Waals surface area (Å²) < 4.78 is 65.4. The fraction of sp³-hybridized carbons (Fsp3) is 0.157. The predicted molar refractivity (Wildman–Crippen MR) is 420 cm³/mol. The number of halogens is 5. The molecule has 0 aliphatic carbocycles.